The number of ether oxygens (including phenoxy) is 2. The molecule has 2 aromatic carbocycles. The second-order valence-electron chi connectivity index (χ2n) is 5.43. The van der Waals surface area contributed by atoms with E-state index in [-0.39, 0.29) is 11.7 Å². The molecule has 132 valence electrons. The van der Waals surface area contributed by atoms with Gasteiger partial charge >= 0.3 is 0 Å². The quantitative estimate of drug-likeness (QED) is 0.720. The van der Waals surface area contributed by atoms with Crippen molar-refractivity contribution < 1.29 is 19.1 Å². The highest BCUT2D eigenvalue weighted by molar-refractivity contribution is 5.95. The molecule has 0 saturated heterocycles. The first-order valence-corrected chi connectivity index (χ1v) is 7.90. The minimum absolute atomic E-state index is 0.00278. The molecule has 0 heterocycles. The molecule has 0 aliphatic carbocycles. The lowest BCUT2D eigenvalue weighted by molar-refractivity contribution is -0.115. The summed E-state index contributed by atoms with van der Waals surface area (Å²) in [5.41, 5.74) is 2.13. The molecule has 0 aliphatic heterocycles. The number of Topliss-reactive ketones (excluding diaryl/α,β-unsaturated/α-hetero) is 1. The van der Waals surface area contributed by atoms with Gasteiger partial charge in [0, 0.05) is 36.0 Å². The summed E-state index contributed by atoms with van der Waals surface area (Å²) in [5, 5.41) is 5.97. The maximum atomic E-state index is 12.0. The smallest absolute Gasteiger partial charge is 0.226 e. The maximum absolute atomic E-state index is 12.0. The first-order valence-electron chi connectivity index (χ1n) is 7.90. The summed E-state index contributed by atoms with van der Waals surface area (Å²) >= 11 is 0. The fourth-order valence-corrected chi connectivity index (χ4v) is 2.28. The minimum Gasteiger partial charge on any atom is -0.493 e. The summed E-state index contributed by atoms with van der Waals surface area (Å²) in [6.45, 7) is 1.99. The van der Waals surface area contributed by atoms with Crippen LogP contribution in [0.2, 0.25) is 0 Å². The van der Waals surface area contributed by atoms with Gasteiger partial charge in [0.05, 0.1) is 14.2 Å². The van der Waals surface area contributed by atoms with Crippen molar-refractivity contribution in [1.29, 1.82) is 0 Å². The maximum Gasteiger partial charge on any atom is 0.226 e. The third-order valence-electron chi connectivity index (χ3n) is 3.64. The Morgan fingerprint density at radius 3 is 2.16 bits per heavy atom. The van der Waals surface area contributed by atoms with Crippen LogP contribution in [0.1, 0.15) is 23.7 Å². The van der Waals surface area contributed by atoms with Crippen molar-refractivity contribution in [3.63, 3.8) is 0 Å². The van der Waals surface area contributed by atoms with E-state index in [9.17, 15) is 9.59 Å². The predicted molar refractivity (Wildman–Crippen MR) is 97.7 cm³/mol. The first-order chi connectivity index (χ1) is 12.0. The molecular weight excluding hydrogens is 320 g/mol. The average Bonchev–Trinajstić information content (AvgIpc) is 2.62. The molecule has 0 aliphatic rings. The van der Waals surface area contributed by atoms with Crippen molar-refractivity contribution >= 4 is 23.1 Å². The molecule has 0 fully saturated rings. The summed E-state index contributed by atoms with van der Waals surface area (Å²) < 4.78 is 10.4. The van der Waals surface area contributed by atoms with Crippen LogP contribution in [0.25, 0.3) is 0 Å². The zero-order chi connectivity index (χ0) is 18.2. The number of hydrogen-bond acceptors (Lipinski definition) is 5. The highest BCUT2D eigenvalue weighted by Gasteiger charge is 2.06. The number of rotatable bonds is 8. The van der Waals surface area contributed by atoms with E-state index in [2.05, 4.69) is 10.6 Å². The van der Waals surface area contributed by atoms with E-state index in [1.165, 1.54) is 6.92 Å². The van der Waals surface area contributed by atoms with E-state index >= 15 is 0 Å². The lowest BCUT2D eigenvalue weighted by Gasteiger charge is -2.11. The number of hydrogen-bond donors (Lipinski definition) is 2. The Morgan fingerprint density at radius 1 is 0.920 bits per heavy atom. The molecule has 0 atom stereocenters. The van der Waals surface area contributed by atoms with E-state index in [1.807, 2.05) is 12.1 Å². The molecule has 2 rings (SSSR count). The minimum atomic E-state index is -0.108. The van der Waals surface area contributed by atoms with Crippen molar-refractivity contribution in [3.8, 4) is 11.5 Å². The Balaban J connectivity index is 1.83. The van der Waals surface area contributed by atoms with Crippen molar-refractivity contribution in [1.82, 2.24) is 0 Å². The summed E-state index contributed by atoms with van der Waals surface area (Å²) in [7, 11) is 3.16. The SMILES string of the molecule is COc1ccc(NCCC(=O)Nc2ccc(C(C)=O)cc2)cc1OC. The van der Waals surface area contributed by atoms with Crippen LogP contribution in [0.4, 0.5) is 11.4 Å². The van der Waals surface area contributed by atoms with Gasteiger partial charge in [-0.1, -0.05) is 0 Å². The van der Waals surface area contributed by atoms with Gasteiger partial charge in [0.25, 0.3) is 0 Å². The van der Waals surface area contributed by atoms with Crippen LogP contribution >= 0.6 is 0 Å². The van der Waals surface area contributed by atoms with Crippen LogP contribution in [0.5, 0.6) is 11.5 Å². The van der Waals surface area contributed by atoms with E-state index in [4.69, 9.17) is 9.47 Å². The predicted octanol–water partition coefficient (Wildman–Crippen LogP) is 3.35. The van der Waals surface area contributed by atoms with Gasteiger partial charge in [-0.3, -0.25) is 9.59 Å². The number of carbonyl (C=O) groups is 2. The van der Waals surface area contributed by atoms with Gasteiger partial charge in [-0.2, -0.15) is 0 Å². The molecule has 0 saturated carbocycles. The van der Waals surface area contributed by atoms with Crippen LogP contribution in [-0.2, 0) is 4.79 Å². The van der Waals surface area contributed by atoms with Gasteiger partial charge in [0.1, 0.15) is 0 Å². The molecule has 0 spiro atoms. The molecule has 6 heteroatoms. The number of amides is 1. The third kappa shape index (κ3) is 5.24. The van der Waals surface area contributed by atoms with Gasteiger partial charge in [-0.15, -0.1) is 0 Å². The fourth-order valence-electron chi connectivity index (χ4n) is 2.28. The normalized spacial score (nSPS) is 10.0. The monoisotopic (exact) mass is 342 g/mol. The van der Waals surface area contributed by atoms with E-state index in [0.717, 1.165) is 5.69 Å². The Hall–Kier alpha value is -3.02. The van der Waals surface area contributed by atoms with Gasteiger partial charge in [0.2, 0.25) is 5.91 Å². The molecule has 0 unspecified atom stereocenters. The van der Waals surface area contributed by atoms with Crippen LogP contribution < -0.4 is 20.1 Å². The van der Waals surface area contributed by atoms with E-state index in [1.54, 1.807) is 44.6 Å². The molecular formula is C19H22N2O4. The van der Waals surface area contributed by atoms with Crippen molar-refractivity contribution in [2.45, 2.75) is 13.3 Å². The van der Waals surface area contributed by atoms with Crippen molar-refractivity contribution in [2.24, 2.45) is 0 Å². The van der Waals surface area contributed by atoms with Crippen LogP contribution in [0.15, 0.2) is 42.5 Å². The molecule has 2 aromatic rings. The summed E-state index contributed by atoms with van der Waals surface area (Å²) in [4.78, 5) is 23.2. The van der Waals surface area contributed by atoms with Gasteiger partial charge in [-0.25, -0.2) is 0 Å². The number of methoxy groups -OCH3 is 2. The Kier molecular flexibility index (Phi) is 6.39. The third-order valence-corrected chi connectivity index (χ3v) is 3.64. The van der Waals surface area contributed by atoms with Crippen molar-refractivity contribution in [2.75, 3.05) is 31.4 Å². The molecule has 0 aromatic heterocycles. The number of ketones is 1. The Bertz CT molecular complexity index is 742. The topological polar surface area (TPSA) is 76.7 Å². The second-order valence-corrected chi connectivity index (χ2v) is 5.43. The Morgan fingerprint density at radius 2 is 1.56 bits per heavy atom. The number of carbonyl (C=O) groups excluding carboxylic acids is 2. The molecule has 0 radical (unpaired) electrons. The molecule has 0 bridgehead atoms. The largest absolute Gasteiger partial charge is 0.493 e. The standard InChI is InChI=1S/C19H22N2O4/c1-13(22)14-4-6-15(7-5-14)21-19(23)10-11-20-16-8-9-17(24-2)18(12-16)25-3/h4-9,12,20H,10-11H2,1-3H3,(H,21,23). The van der Waals surface area contributed by atoms with E-state index in [0.29, 0.717) is 35.7 Å². The lowest BCUT2D eigenvalue weighted by Crippen LogP contribution is -2.16. The second kappa shape index (κ2) is 8.73. The summed E-state index contributed by atoms with van der Waals surface area (Å²) in [6.07, 6.45) is 0.308. The molecule has 1 amide bonds. The van der Waals surface area contributed by atoms with Crippen LogP contribution in [-0.4, -0.2) is 32.5 Å². The van der Waals surface area contributed by atoms with Crippen LogP contribution in [0.3, 0.4) is 0 Å². The molecule has 25 heavy (non-hydrogen) atoms. The lowest BCUT2D eigenvalue weighted by atomic mass is 10.1. The zero-order valence-electron chi connectivity index (χ0n) is 14.6. The van der Waals surface area contributed by atoms with Crippen LogP contribution in [0, 0.1) is 0 Å². The zero-order valence-corrected chi connectivity index (χ0v) is 14.6. The van der Waals surface area contributed by atoms with Gasteiger partial charge < -0.3 is 20.1 Å². The fraction of sp³-hybridized carbons (Fsp3) is 0.263. The summed E-state index contributed by atoms with van der Waals surface area (Å²) in [5.74, 6) is 1.17. The van der Waals surface area contributed by atoms with Crippen molar-refractivity contribution in [3.05, 3.63) is 48.0 Å². The summed E-state index contributed by atoms with van der Waals surface area (Å²) in [6, 6.07) is 12.3. The molecule has 2 N–H and O–H groups in total. The number of nitrogens with one attached hydrogen (secondary N) is 2. The average molecular weight is 342 g/mol. The molecule has 6 nitrogen and oxygen atoms in total. The highest BCUT2D eigenvalue weighted by atomic mass is 16.5. The van der Waals surface area contributed by atoms with Gasteiger partial charge in [-0.05, 0) is 43.3 Å². The number of benzene rings is 2. The van der Waals surface area contributed by atoms with E-state index < -0.39 is 0 Å². The van der Waals surface area contributed by atoms with Gasteiger partial charge in [0.15, 0.2) is 17.3 Å². The first kappa shape index (κ1) is 18.3. The Labute approximate surface area is 147 Å². The number of anilines is 2. The highest BCUT2D eigenvalue weighted by Crippen LogP contribution is 2.29.